The molecule has 0 aliphatic heterocycles. The number of hydrogen-bond donors (Lipinski definition) is 3. The van der Waals surface area contributed by atoms with Crippen molar-refractivity contribution in [1.29, 1.82) is 0 Å². The monoisotopic (exact) mass is 347 g/mol. The average molecular weight is 347 g/mol. The third-order valence-corrected chi connectivity index (χ3v) is 3.42. The van der Waals surface area contributed by atoms with Crippen molar-refractivity contribution in [2.24, 2.45) is 0 Å². The van der Waals surface area contributed by atoms with Gasteiger partial charge in [-0.1, -0.05) is 0 Å². The van der Waals surface area contributed by atoms with Crippen LogP contribution in [-0.4, -0.2) is 43.4 Å². The normalized spacial score (nSPS) is 10.0. The van der Waals surface area contributed by atoms with Gasteiger partial charge in [0, 0.05) is 5.56 Å². The lowest BCUT2D eigenvalue weighted by Gasteiger charge is -2.14. The molecule has 2 aromatic carbocycles. The van der Waals surface area contributed by atoms with Gasteiger partial charge in [0.2, 0.25) is 5.75 Å². The first-order valence-corrected chi connectivity index (χ1v) is 7.09. The maximum absolute atomic E-state index is 12.5. The lowest BCUT2D eigenvalue weighted by atomic mass is 10.1. The van der Waals surface area contributed by atoms with Crippen molar-refractivity contribution in [2.45, 2.75) is 0 Å². The van der Waals surface area contributed by atoms with E-state index in [0.717, 1.165) is 6.07 Å². The largest absolute Gasteiger partial charge is 0.506 e. The van der Waals surface area contributed by atoms with E-state index in [2.05, 4.69) is 5.32 Å². The van der Waals surface area contributed by atoms with Gasteiger partial charge in [0.05, 0.1) is 32.6 Å². The number of anilines is 1. The summed E-state index contributed by atoms with van der Waals surface area (Å²) >= 11 is 0. The number of carboxylic acid groups (broad SMARTS) is 1. The fraction of sp³-hybridized carbons (Fsp3) is 0.176. The number of methoxy groups -OCH3 is 3. The lowest BCUT2D eigenvalue weighted by molar-refractivity contribution is 0.0696. The van der Waals surface area contributed by atoms with E-state index in [9.17, 15) is 14.7 Å². The third-order valence-electron chi connectivity index (χ3n) is 3.42. The number of phenolic OH excluding ortho intramolecular Hbond substituents is 1. The molecule has 0 atom stereocenters. The molecule has 0 saturated carbocycles. The summed E-state index contributed by atoms with van der Waals surface area (Å²) in [6.45, 7) is 0. The molecule has 0 fully saturated rings. The summed E-state index contributed by atoms with van der Waals surface area (Å²) in [7, 11) is 4.28. The molecule has 2 aromatic rings. The van der Waals surface area contributed by atoms with Crippen molar-refractivity contribution in [2.75, 3.05) is 26.6 Å². The second-order valence-corrected chi connectivity index (χ2v) is 4.91. The smallest absolute Gasteiger partial charge is 0.335 e. The van der Waals surface area contributed by atoms with Gasteiger partial charge >= 0.3 is 5.97 Å². The van der Waals surface area contributed by atoms with E-state index in [1.165, 1.54) is 45.6 Å². The molecule has 3 N–H and O–H groups in total. The summed E-state index contributed by atoms with van der Waals surface area (Å²) in [5, 5.41) is 21.3. The Hall–Kier alpha value is -3.42. The molecule has 8 heteroatoms. The number of aromatic hydroxyl groups is 1. The molecule has 8 nitrogen and oxygen atoms in total. The van der Waals surface area contributed by atoms with Crippen LogP contribution in [0.25, 0.3) is 0 Å². The Labute approximate surface area is 143 Å². The molecule has 132 valence electrons. The van der Waals surface area contributed by atoms with E-state index >= 15 is 0 Å². The van der Waals surface area contributed by atoms with Crippen molar-refractivity contribution in [3.63, 3.8) is 0 Å². The summed E-state index contributed by atoms with van der Waals surface area (Å²) in [4.78, 5) is 23.5. The second kappa shape index (κ2) is 7.43. The fourth-order valence-electron chi connectivity index (χ4n) is 2.18. The van der Waals surface area contributed by atoms with Gasteiger partial charge < -0.3 is 29.7 Å². The minimum atomic E-state index is -1.18. The number of benzene rings is 2. The predicted octanol–water partition coefficient (Wildman–Crippen LogP) is 2.37. The van der Waals surface area contributed by atoms with Gasteiger partial charge in [-0.25, -0.2) is 4.79 Å². The van der Waals surface area contributed by atoms with E-state index in [1.54, 1.807) is 0 Å². The Balaban J connectivity index is 2.39. The zero-order valence-corrected chi connectivity index (χ0v) is 13.8. The molecule has 0 unspecified atom stereocenters. The zero-order valence-electron chi connectivity index (χ0n) is 13.8. The van der Waals surface area contributed by atoms with E-state index in [-0.39, 0.29) is 34.1 Å². The number of ether oxygens (including phenoxy) is 3. The molecule has 0 saturated heterocycles. The fourth-order valence-corrected chi connectivity index (χ4v) is 2.18. The van der Waals surface area contributed by atoms with Crippen LogP contribution >= 0.6 is 0 Å². The van der Waals surface area contributed by atoms with E-state index in [4.69, 9.17) is 19.3 Å². The van der Waals surface area contributed by atoms with Gasteiger partial charge in [0.1, 0.15) is 5.75 Å². The number of carbonyl (C=O) groups excluding carboxylic acids is 1. The number of rotatable bonds is 6. The van der Waals surface area contributed by atoms with Crippen molar-refractivity contribution >= 4 is 17.6 Å². The minimum absolute atomic E-state index is 0.0290. The Kier molecular flexibility index (Phi) is 5.33. The maximum atomic E-state index is 12.5. The quantitative estimate of drug-likeness (QED) is 0.687. The van der Waals surface area contributed by atoms with Crippen LogP contribution in [0.4, 0.5) is 5.69 Å². The van der Waals surface area contributed by atoms with Crippen LogP contribution in [0.15, 0.2) is 30.3 Å². The van der Waals surface area contributed by atoms with Gasteiger partial charge in [0.15, 0.2) is 11.5 Å². The topological polar surface area (TPSA) is 114 Å². The van der Waals surface area contributed by atoms with Crippen molar-refractivity contribution in [3.8, 4) is 23.0 Å². The van der Waals surface area contributed by atoms with Crippen LogP contribution in [0.3, 0.4) is 0 Å². The van der Waals surface area contributed by atoms with Gasteiger partial charge in [-0.2, -0.15) is 0 Å². The second-order valence-electron chi connectivity index (χ2n) is 4.91. The number of carbonyl (C=O) groups is 2. The van der Waals surface area contributed by atoms with Crippen molar-refractivity contribution < 1.29 is 34.0 Å². The van der Waals surface area contributed by atoms with Crippen molar-refractivity contribution in [1.82, 2.24) is 0 Å². The summed E-state index contributed by atoms with van der Waals surface area (Å²) < 4.78 is 15.5. The molecule has 0 spiro atoms. The highest BCUT2D eigenvalue weighted by Gasteiger charge is 2.18. The van der Waals surface area contributed by atoms with Crippen LogP contribution < -0.4 is 19.5 Å². The molecule has 0 aliphatic rings. The summed E-state index contributed by atoms with van der Waals surface area (Å²) in [5.41, 5.74) is 0.0753. The van der Waals surface area contributed by atoms with E-state index in [0.29, 0.717) is 5.75 Å². The number of phenols is 1. The molecule has 25 heavy (non-hydrogen) atoms. The molecule has 0 heterocycles. The third kappa shape index (κ3) is 3.74. The zero-order chi connectivity index (χ0) is 18.6. The SMILES string of the molecule is COc1cc(C(=O)Nc2cc(C(=O)O)ccc2O)cc(OC)c1OC. The standard InChI is InChI=1S/C17H17NO7/c1-23-13-7-10(8-14(24-2)15(13)25-3)16(20)18-11-6-9(17(21)22)4-5-12(11)19/h4-8,19H,1-3H3,(H,18,20)(H,21,22). The van der Waals surface area contributed by atoms with Crippen LogP contribution in [0.1, 0.15) is 20.7 Å². The van der Waals surface area contributed by atoms with E-state index < -0.39 is 11.9 Å². The Morgan fingerprint density at radius 3 is 2.00 bits per heavy atom. The first-order valence-electron chi connectivity index (χ1n) is 7.09. The van der Waals surface area contributed by atoms with Gasteiger partial charge in [-0.05, 0) is 30.3 Å². The molecule has 0 bridgehead atoms. The highest BCUT2D eigenvalue weighted by molar-refractivity contribution is 6.06. The number of amides is 1. The lowest BCUT2D eigenvalue weighted by Crippen LogP contribution is -2.13. The summed E-state index contributed by atoms with van der Waals surface area (Å²) in [5.74, 6) is -1.12. The first kappa shape index (κ1) is 17.9. The molecule has 1 amide bonds. The molecule has 2 rings (SSSR count). The molecule has 0 aromatic heterocycles. The predicted molar refractivity (Wildman–Crippen MR) is 89.1 cm³/mol. The highest BCUT2D eigenvalue weighted by atomic mass is 16.5. The van der Waals surface area contributed by atoms with Gasteiger partial charge in [0.25, 0.3) is 5.91 Å². The molecular weight excluding hydrogens is 330 g/mol. The number of aromatic carboxylic acids is 1. The average Bonchev–Trinajstić information content (AvgIpc) is 2.61. The Morgan fingerprint density at radius 2 is 1.52 bits per heavy atom. The molecule has 0 aliphatic carbocycles. The highest BCUT2D eigenvalue weighted by Crippen LogP contribution is 2.38. The minimum Gasteiger partial charge on any atom is -0.506 e. The number of nitrogens with one attached hydrogen (secondary N) is 1. The van der Waals surface area contributed by atoms with Crippen LogP contribution in [0, 0.1) is 0 Å². The molecular formula is C17H17NO7. The Morgan fingerprint density at radius 1 is 0.920 bits per heavy atom. The van der Waals surface area contributed by atoms with Gasteiger partial charge in [-0.15, -0.1) is 0 Å². The van der Waals surface area contributed by atoms with Crippen LogP contribution in [-0.2, 0) is 0 Å². The maximum Gasteiger partial charge on any atom is 0.335 e. The van der Waals surface area contributed by atoms with E-state index in [1.807, 2.05) is 0 Å². The number of carboxylic acids is 1. The van der Waals surface area contributed by atoms with Crippen molar-refractivity contribution in [3.05, 3.63) is 41.5 Å². The Bertz CT molecular complexity index is 792. The van der Waals surface area contributed by atoms with Crippen LogP contribution in [0.5, 0.6) is 23.0 Å². The first-order chi connectivity index (χ1) is 11.9. The molecule has 0 radical (unpaired) electrons. The number of hydrogen-bond acceptors (Lipinski definition) is 6. The summed E-state index contributed by atoms with van der Waals surface area (Å²) in [6, 6.07) is 6.46. The summed E-state index contributed by atoms with van der Waals surface area (Å²) in [6.07, 6.45) is 0. The van der Waals surface area contributed by atoms with Gasteiger partial charge in [-0.3, -0.25) is 4.79 Å². The van der Waals surface area contributed by atoms with Crippen LogP contribution in [0.2, 0.25) is 0 Å².